The highest BCUT2D eigenvalue weighted by Crippen LogP contribution is 2.18. The molecule has 3 rings (SSSR count). The van der Waals surface area contributed by atoms with Crippen LogP contribution in [0, 0.1) is 0 Å². The van der Waals surface area contributed by atoms with Gasteiger partial charge in [0.05, 0.1) is 11.0 Å². The van der Waals surface area contributed by atoms with Crippen LogP contribution in [0.1, 0.15) is 17.0 Å². The predicted molar refractivity (Wildman–Crippen MR) is 86.6 cm³/mol. The van der Waals surface area contributed by atoms with E-state index >= 15 is 0 Å². The first kappa shape index (κ1) is 14.1. The average molecular weight is 292 g/mol. The SMILES string of the molecule is O=C(O)C=Cc1cccc2[nH]c(CCc3ccccc3)nc12. The molecule has 0 fully saturated rings. The van der Waals surface area contributed by atoms with Crippen LogP contribution in [0.15, 0.2) is 54.6 Å². The van der Waals surface area contributed by atoms with Gasteiger partial charge in [0.1, 0.15) is 5.82 Å². The standard InChI is InChI=1S/C18H16N2O2/c21-17(22)12-10-14-7-4-8-15-18(14)20-16(19-15)11-9-13-5-2-1-3-6-13/h1-8,10,12H,9,11H2,(H,19,20)(H,21,22). The Morgan fingerprint density at radius 3 is 2.68 bits per heavy atom. The van der Waals surface area contributed by atoms with Crippen LogP contribution in [0.4, 0.5) is 0 Å². The van der Waals surface area contributed by atoms with Crippen LogP contribution in [0.5, 0.6) is 0 Å². The van der Waals surface area contributed by atoms with Crippen LogP contribution < -0.4 is 0 Å². The minimum absolute atomic E-state index is 0.808. The molecule has 0 saturated carbocycles. The topological polar surface area (TPSA) is 66.0 Å². The van der Waals surface area contributed by atoms with Crippen LogP contribution in [0.3, 0.4) is 0 Å². The van der Waals surface area contributed by atoms with Crippen molar-refractivity contribution in [2.45, 2.75) is 12.8 Å². The first-order chi connectivity index (χ1) is 10.7. The van der Waals surface area contributed by atoms with Gasteiger partial charge in [0.15, 0.2) is 0 Å². The van der Waals surface area contributed by atoms with E-state index in [1.807, 2.05) is 36.4 Å². The minimum atomic E-state index is -0.961. The van der Waals surface area contributed by atoms with Crippen LogP contribution in [-0.4, -0.2) is 21.0 Å². The monoisotopic (exact) mass is 292 g/mol. The largest absolute Gasteiger partial charge is 0.478 e. The molecule has 0 amide bonds. The summed E-state index contributed by atoms with van der Waals surface area (Å²) in [5.41, 5.74) is 3.81. The molecule has 1 heterocycles. The summed E-state index contributed by atoms with van der Waals surface area (Å²) in [6.45, 7) is 0. The third kappa shape index (κ3) is 3.23. The lowest BCUT2D eigenvalue weighted by Gasteiger charge is -1.97. The summed E-state index contributed by atoms with van der Waals surface area (Å²) in [4.78, 5) is 18.6. The summed E-state index contributed by atoms with van der Waals surface area (Å²) in [5.74, 6) is -0.0492. The van der Waals surface area contributed by atoms with Gasteiger partial charge in [-0.25, -0.2) is 9.78 Å². The second-order valence-electron chi connectivity index (χ2n) is 5.08. The van der Waals surface area contributed by atoms with Gasteiger partial charge in [-0.05, 0) is 24.1 Å². The Kier molecular flexibility index (Phi) is 4.01. The molecular formula is C18H16N2O2. The fourth-order valence-electron chi connectivity index (χ4n) is 2.43. The van der Waals surface area contributed by atoms with Crippen LogP contribution in [0.2, 0.25) is 0 Å². The van der Waals surface area contributed by atoms with E-state index in [4.69, 9.17) is 5.11 Å². The number of rotatable bonds is 5. The molecule has 4 nitrogen and oxygen atoms in total. The summed E-state index contributed by atoms with van der Waals surface area (Å²) < 4.78 is 0. The average Bonchev–Trinajstić information content (AvgIpc) is 2.95. The van der Waals surface area contributed by atoms with E-state index in [1.54, 1.807) is 6.08 Å². The van der Waals surface area contributed by atoms with Gasteiger partial charge in [-0.3, -0.25) is 0 Å². The smallest absolute Gasteiger partial charge is 0.328 e. The van der Waals surface area contributed by atoms with Crippen molar-refractivity contribution in [3.05, 3.63) is 71.6 Å². The minimum Gasteiger partial charge on any atom is -0.478 e. The molecule has 0 aliphatic carbocycles. The normalized spacial score (nSPS) is 11.3. The van der Waals surface area contributed by atoms with E-state index in [-0.39, 0.29) is 0 Å². The van der Waals surface area contributed by atoms with Gasteiger partial charge in [-0.2, -0.15) is 0 Å². The van der Waals surface area contributed by atoms with Crippen molar-refractivity contribution in [2.75, 3.05) is 0 Å². The molecule has 2 aromatic carbocycles. The van der Waals surface area contributed by atoms with E-state index in [0.29, 0.717) is 0 Å². The quantitative estimate of drug-likeness (QED) is 0.708. The summed E-state index contributed by atoms with van der Waals surface area (Å²) in [5, 5.41) is 8.75. The van der Waals surface area contributed by atoms with Crippen molar-refractivity contribution < 1.29 is 9.90 Å². The van der Waals surface area contributed by atoms with Gasteiger partial charge in [0.2, 0.25) is 0 Å². The predicted octanol–water partition coefficient (Wildman–Crippen LogP) is 3.45. The molecule has 0 aliphatic heterocycles. The number of H-pyrrole nitrogens is 1. The number of para-hydroxylation sites is 1. The lowest BCUT2D eigenvalue weighted by Crippen LogP contribution is -1.92. The molecule has 0 saturated heterocycles. The molecule has 0 radical (unpaired) electrons. The fraction of sp³-hybridized carbons (Fsp3) is 0.111. The van der Waals surface area contributed by atoms with E-state index in [1.165, 1.54) is 5.56 Å². The van der Waals surface area contributed by atoms with Gasteiger partial charge in [-0.15, -0.1) is 0 Å². The lowest BCUT2D eigenvalue weighted by molar-refractivity contribution is -0.131. The molecule has 0 atom stereocenters. The summed E-state index contributed by atoms with van der Waals surface area (Å²) >= 11 is 0. The lowest BCUT2D eigenvalue weighted by atomic mass is 10.1. The zero-order valence-corrected chi connectivity index (χ0v) is 12.0. The molecule has 1 aromatic heterocycles. The zero-order valence-electron chi connectivity index (χ0n) is 12.0. The number of fused-ring (bicyclic) bond motifs is 1. The second-order valence-corrected chi connectivity index (χ2v) is 5.08. The molecule has 0 unspecified atom stereocenters. The van der Waals surface area contributed by atoms with Crippen molar-refractivity contribution in [3.8, 4) is 0 Å². The molecule has 0 bridgehead atoms. The molecule has 110 valence electrons. The molecule has 0 spiro atoms. The Hall–Kier alpha value is -2.88. The number of aromatic nitrogens is 2. The third-order valence-electron chi connectivity index (χ3n) is 3.49. The second kappa shape index (κ2) is 6.26. The van der Waals surface area contributed by atoms with Crippen molar-refractivity contribution in [3.63, 3.8) is 0 Å². The number of carboxylic acids is 1. The molecule has 2 N–H and O–H groups in total. The molecule has 22 heavy (non-hydrogen) atoms. The number of carbonyl (C=O) groups is 1. The van der Waals surface area contributed by atoms with Crippen molar-refractivity contribution in [1.29, 1.82) is 0 Å². The van der Waals surface area contributed by atoms with E-state index in [0.717, 1.165) is 41.3 Å². The first-order valence-electron chi connectivity index (χ1n) is 7.15. The number of nitrogens with zero attached hydrogens (tertiary/aromatic N) is 1. The van der Waals surface area contributed by atoms with Gasteiger partial charge in [0, 0.05) is 18.1 Å². The number of benzene rings is 2. The third-order valence-corrected chi connectivity index (χ3v) is 3.49. The Balaban J connectivity index is 1.83. The van der Waals surface area contributed by atoms with Gasteiger partial charge < -0.3 is 10.1 Å². The molecule has 3 aromatic rings. The Bertz CT molecular complexity index is 819. The summed E-state index contributed by atoms with van der Waals surface area (Å²) in [6, 6.07) is 16.0. The zero-order chi connectivity index (χ0) is 15.4. The van der Waals surface area contributed by atoms with Gasteiger partial charge >= 0.3 is 5.97 Å². The van der Waals surface area contributed by atoms with Crippen molar-refractivity contribution in [2.24, 2.45) is 0 Å². The molecular weight excluding hydrogens is 276 g/mol. The summed E-state index contributed by atoms with van der Waals surface area (Å²) in [6.07, 6.45) is 4.45. The molecule has 0 aliphatic rings. The Morgan fingerprint density at radius 2 is 1.91 bits per heavy atom. The highest BCUT2D eigenvalue weighted by atomic mass is 16.4. The van der Waals surface area contributed by atoms with Gasteiger partial charge in [-0.1, -0.05) is 42.5 Å². The maximum Gasteiger partial charge on any atom is 0.328 e. The Labute approximate surface area is 128 Å². The number of nitrogens with one attached hydrogen (secondary N) is 1. The van der Waals surface area contributed by atoms with E-state index in [9.17, 15) is 4.79 Å². The van der Waals surface area contributed by atoms with Crippen molar-refractivity contribution in [1.82, 2.24) is 9.97 Å². The van der Waals surface area contributed by atoms with Crippen LogP contribution in [0.25, 0.3) is 17.1 Å². The number of aryl methyl sites for hydroxylation is 2. The summed E-state index contributed by atoms with van der Waals surface area (Å²) in [7, 11) is 0. The highest BCUT2D eigenvalue weighted by Gasteiger charge is 2.06. The highest BCUT2D eigenvalue weighted by molar-refractivity contribution is 5.91. The Morgan fingerprint density at radius 1 is 1.09 bits per heavy atom. The number of aromatic amines is 1. The maximum atomic E-state index is 10.7. The maximum absolute atomic E-state index is 10.7. The number of hydrogen-bond donors (Lipinski definition) is 2. The first-order valence-corrected chi connectivity index (χ1v) is 7.15. The van der Waals surface area contributed by atoms with Crippen LogP contribution >= 0.6 is 0 Å². The van der Waals surface area contributed by atoms with Gasteiger partial charge in [0.25, 0.3) is 0 Å². The van der Waals surface area contributed by atoms with E-state index < -0.39 is 5.97 Å². The van der Waals surface area contributed by atoms with E-state index in [2.05, 4.69) is 22.1 Å². The van der Waals surface area contributed by atoms with Crippen molar-refractivity contribution >= 4 is 23.1 Å². The van der Waals surface area contributed by atoms with Crippen LogP contribution in [-0.2, 0) is 17.6 Å². The fourth-order valence-corrected chi connectivity index (χ4v) is 2.43. The molecule has 4 heteroatoms. The number of imidazole rings is 1. The number of carboxylic acid groups (broad SMARTS) is 1. The number of aliphatic carboxylic acids is 1. The number of hydrogen-bond acceptors (Lipinski definition) is 2.